The fourth-order valence-electron chi connectivity index (χ4n) is 4.91. The average molecular weight is 454 g/mol. The predicted octanol–water partition coefficient (Wildman–Crippen LogP) is 9.37. The van der Waals surface area contributed by atoms with E-state index in [0.717, 1.165) is 6.54 Å². The van der Waals surface area contributed by atoms with E-state index in [0.29, 0.717) is 0 Å². The molecular formula is C31H53N2+. The second-order valence-electron chi connectivity index (χ2n) is 10.0. The summed E-state index contributed by atoms with van der Waals surface area (Å²) in [5, 5.41) is 0. The first-order chi connectivity index (χ1) is 16.4. The highest BCUT2D eigenvalue weighted by atomic mass is 15.1. The van der Waals surface area contributed by atoms with Gasteiger partial charge in [-0.05, 0) is 25.0 Å². The molecule has 0 radical (unpaired) electrons. The standard InChI is InChI=1S/C31H53N2/c1-3-5-7-8-9-10-11-12-13-14-15-16-17-18-19-23-26-31-32(27-6-4-2)28-29-33(31)30-24-21-20-22-25-30/h20-22,24-25,28-29H,3-19,23,26-27H2,1-2H3/q+1. The van der Waals surface area contributed by atoms with E-state index in [1.807, 2.05) is 0 Å². The molecule has 2 nitrogen and oxygen atoms in total. The molecule has 0 atom stereocenters. The van der Waals surface area contributed by atoms with Gasteiger partial charge in [-0.15, -0.1) is 0 Å². The van der Waals surface area contributed by atoms with Crippen molar-refractivity contribution < 1.29 is 4.57 Å². The van der Waals surface area contributed by atoms with Crippen molar-refractivity contribution in [2.45, 2.75) is 142 Å². The highest BCUT2D eigenvalue weighted by molar-refractivity contribution is 5.31. The molecule has 1 aromatic carbocycles. The van der Waals surface area contributed by atoms with Crippen molar-refractivity contribution in [2.24, 2.45) is 0 Å². The van der Waals surface area contributed by atoms with Gasteiger partial charge in [-0.1, -0.05) is 135 Å². The van der Waals surface area contributed by atoms with E-state index in [4.69, 9.17) is 0 Å². The number of hydrogen-bond acceptors (Lipinski definition) is 0. The molecule has 2 heteroatoms. The van der Waals surface area contributed by atoms with Gasteiger partial charge in [-0.25, -0.2) is 4.57 Å². The summed E-state index contributed by atoms with van der Waals surface area (Å²) < 4.78 is 4.89. The zero-order valence-corrected chi connectivity index (χ0v) is 22.1. The number of unbranched alkanes of at least 4 members (excludes halogenated alkanes) is 16. The molecule has 0 amide bonds. The Morgan fingerprint density at radius 1 is 0.576 bits per heavy atom. The number of imidazole rings is 1. The Morgan fingerprint density at radius 3 is 1.58 bits per heavy atom. The topological polar surface area (TPSA) is 8.81 Å². The van der Waals surface area contributed by atoms with Crippen LogP contribution in [0.2, 0.25) is 0 Å². The Hall–Kier alpha value is -1.57. The largest absolute Gasteiger partial charge is 0.261 e. The molecule has 2 aromatic rings. The number of nitrogens with zero attached hydrogens (tertiary/aromatic N) is 2. The number of aromatic nitrogens is 2. The molecule has 0 saturated carbocycles. The third-order valence-electron chi connectivity index (χ3n) is 7.05. The van der Waals surface area contributed by atoms with Gasteiger partial charge >= 0.3 is 0 Å². The number of benzene rings is 1. The van der Waals surface area contributed by atoms with Crippen LogP contribution < -0.4 is 4.57 Å². The van der Waals surface area contributed by atoms with Crippen LogP contribution in [0.3, 0.4) is 0 Å². The van der Waals surface area contributed by atoms with E-state index in [9.17, 15) is 0 Å². The zero-order valence-electron chi connectivity index (χ0n) is 22.1. The maximum atomic E-state index is 2.49. The Kier molecular flexibility index (Phi) is 15.8. The number of rotatable bonds is 21. The molecule has 1 heterocycles. The minimum absolute atomic E-state index is 1.14. The van der Waals surface area contributed by atoms with Crippen molar-refractivity contribution in [1.82, 2.24) is 4.57 Å². The van der Waals surface area contributed by atoms with Crippen LogP contribution in [0.25, 0.3) is 5.69 Å². The monoisotopic (exact) mass is 453 g/mol. The first-order valence-corrected chi connectivity index (χ1v) is 14.5. The smallest absolute Gasteiger partial charge is 0.234 e. The molecule has 33 heavy (non-hydrogen) atoms. The summed E-state index contributed by atoms with van der Waals surface area (Å²) >= 11 is 0. The van der Waals surface area contributed by atoms with Crippen LogP contribution in [-0.2, 0) is 13.0 Å². The van der Waals surface area contributed by atoms with Gasteiger partial charge < -0.3 is 0 Å². The van der Waals surface area contributed by atoms with E-state index < -0.39 is 0 Å². The van der Waals surface area contributed by atoms with Gasteiger partial charge in [0, 0.05) is 6.42 Å². The van der Waals surface area contributed by atoms with Crippen LogP contribution in [0, 0.1) is 0 Å². The Labute approximate surface area is 205 Å². The summed E-state index contributed by atoms with van der Waals surface area (Å²) in [5.41, 5.74) is 1.29. The molecule has 2 rings (SSSR count). The van der Waals surface area contributed by atoms with Gasteiger partial charge in [0.25, 0.3) is 5.82 Å². The van der Waals surface area contributed by atoms with Crippen LogP contribution in [0.4, 0.5) is 0 Å². The Bertz CT molecular complexity index is 688. The fraction of sp³-hybridized carbons (Fsp3) is 0.710. The quantitative estimate of drug-likeness (QED) is 0.131. The number of hydrogen-bond donors (Lipinski definition) is 0. The van der Waals surface area contributed by atoms with Gasteiger partial charge in [0.2, 0.25) is 0 Å². The normalized spacial score (nSPS) is 11.3. The summed E-state index contributed by atoms with van der Waals surface area (Å²) in [5.74, 6) is 1.47. The second-order valence-corrected chi connectivity index (χ2v) is 10.0. The lowest BCUT2D eigenvalue weighted by atomic mass is 10.0. The Morgan fingerprint density at radius 2 is 1.06 bits per heavy atom. The molecule has 0 fully saturated rings. The van der Waals surface area contributed by atoms with Gasteiger partial charge in [0.15, 0.2) is 0 Å². The number of para-hydroxylation sites is 1. The lowest BCUT2D eigenvalue weighted by molar-refractivity contribution is -0.703. The number of aryl methyl sites for hydroxylation is 1. The summed E-state index contributed by atoms with van der Waals surface area (Å²) in [6.07, 6.45) is 31.1. The van der Waals surface area contributed by atoms with Crippen LogP contribution in [0.15, 0.2) is 42.7 Å². The average Bonchev–Trinajstić information content (AvgIpc) is 3.25. The molecule has 0 aliphatic heterocycles. The summed E-state index contributed by atoms with van der Waals surface area (Å²) in [6.45, 7) is 5.73. The molecule has 1 aromatic heterocycles. The van der Waals surface area contributed by atoms with E-state index in [1.165, 1.54) is 134 Å². The molecule has 0 aliphatic carbocycles. The molecule has 0 N–H and O–H groups in total. The maximum absolute atomic E-state index is 2.49. The van der Waals surface area contributed by atoms with Gasteiger partial charge in [-0.2, -0.15) is 4.57 Å². The van der Waals surface area contributed by atoms with Crippen molar-refractivity contribution in [3.63, 3.8) is 0 Å². The Balaban J connectivity index is 1.53. The van der Waals surface area contributed by atoms with Crippen LogP contribution in [-0.4, -0.2) is 4.57 Å². The highest BCUT2D eigenvalue weighted by Gasteiger charge is 2.17. The van der Waals surface area contributed by atoms with Crippen LogP contribution >= 0.6 is 0 Å². The second kappa shape index (κ2) is 18.8. The minimum Gasteiger partial charge on any atom is -0.234 e. The highest BCUT2D eigenvalue weighted by Crippen LogP contribution is 2.15. The van der Waals surface area contributed by atoms with Crippen molar-refractivity contribution in [3.8, 4) is 5.69 Å². The molecule has 0 spiro atoms. The summed E-state index contributed by atoms with van der Waals surface area (Å²) in [6, 6.07) is 10.8. The minimum atomic E-state index is 1.14. The fourth-order valence-corrected chi connectivity index (χ4v) is 4.91. The van der Waals surface area contributed by atoms with Crippen molar-refractivity contribution in [1.29, 1.82) is 0 Å². The van der Waals surface area contributed by atoms with E-state index >= 15 is 0 Å². The van der Waals surface area contributed by atoms with E-state index in [2.05, 4.69) is 65.7 Å². The third-order valence-corrected chi connectivity index (χ3v) is 7.05. The predicted molar refractivity (Wildman–Crippen MR) is 144 cm³/mol. The van der Waals surface area contributed by atoms with E-state index in [-0.39, 0.29) is 0 Å². The lowest BCUT2D eigenvalue weighted by Gasteiger charge is -2.06. The first kappa shape index (κ1) is 27.7. The van der Waals surface area contributed by atoms with Crippen LogP contribution in [0.5, 0.6) is 0 Å². The molecule has 0 aliphatic rings. The molecule has 0 unspecified atom stereocenters. The van der Waals surface area contributed by atoms with Crippen molar-refractivity contribution in [2.75, 3.05) is 0 Å². The molecule has 186 valence electrons. The zero-order chi connectivity index (χ0) is 23.4. The third kappa shape index (κ3) is 11.9. The summed E-state index contributed by atoms with van der Waals surface area (Å²) in [7, 11) is 0. The van der Waals surface area contributed by atoms with Crippen LogP contribution in [0.1, 0.15) is 135 Å². The molecule has 0 saturated heterocycles. The maximum Gasteiger partial charge on any atom is 0.261 e. The SMILES string of the molecule is CCCCCCCCCCCCCCCCCCc1n(-c2ccccc2)cc[n+]1CCCC. The molecule has 0 bridgehead atoms. The van der Waals surface area contributed by atoms with Crippen molar-refractivity contribution in [3.05, 3.63) is 48.5 Å². The lowest BCUT2D eigenvalue weighted by Crippen LogP contribution is -2.37. The first-order valence-electron chi connectivity index (χ1n) is 14.5. The van der Waals surface area contributed by atoms with Gasteiger partial charge in [0.1, 0.15) is 18.1 Å². The van der Waals surface area contributed by atoms with E-state index in [1.54, 1.807) is 0 Å². The summed E-state index contributed by atoms with van der Waals surface area (Å²) in [4.78, 5) is 0. The van der Waals surface area contributed by atoms with Crippen molar-refractivity contribution >= 4 is 0 Å². The molecular weight excluding hydrogens is 400 g/mol. The van der Waals surface area contributed by atoms with Gasteiger partial charge in [0.05, 0.1) is 6.54 Å². The van der Waals surface area contributed by atoms with Gasteiger partial charge in [-0.3, -0.25) is 0 Å².